The van der Waals surface area contributed by atoms with Crippen molar-refractivity contribution < 1.29 is 26.3 Å². The maximum absolute atomic E-state index is 13.1. The number of aromatic nitrogens is 3. The number of ether oxygens (including phenoxy) is 1. The molecular formula is C22H22F3N5O3S. The van der Waals surface area contributed by atoms with E-state index in [1.165, 1.54) is 26.2 Å². The average molecular weight is 494 g/mol. The molecule has 0 unspecified atom stereocenters. The van der Waals surface area contributed by atoms with Gasteiger partial charge in [0, 0.05) is 17.6 Å². The van der Waals surface area contributed by atoms with Gasteiger partial charge in [0.1, 0.15) is 28.4 Å². The van der Waals surface area contributed by atoms with Crippen LogP contribution in [0.4, 0.5) is 13.2 Å². The van der Waals surface area contributed by atoms with Crippen LogP contribution in [0.25, 0.3) is 22.4 Å². The summed E-state index contributed by atoms with van der Waals surface area (Å²) in [5, 5.41) is 10.5. The van der Waals surface area contributed by atoms with Gasteiger partial charge >= 0.3 is 6.18 Å². The zero-order valence-electron chi connectivity index (χ0n) is 18.4. The van der Waals surface area contributed by atoms with Crippen LogP contribution >= 0.6 is 0 Å². The van der Waals surface area contributed by atoms with Crippen LogP contribution in [-0.2, 0) is 10.0 Å². The van der Waals surface area contributed by atoms with Crippen molar-refractivity contribution in [2.45, 2.75) is 55.8 Å². The molecule has 0 spiro atoms. The summed E-state index contributed by atoms with van der Waals surface area (Å²) in [6, 6.07) is 4.38. The molecule has 1 saturated carbocycles. The molecule has 0 aromatic carbocycles. The number of nitrogens with one attached hydrogen (secondary N) is 1. The van der Waals surface area contributed by atoms with E-state index in [0.717, 1.165) is 25.5 Å². The predicted molar refractivity (Wildman–Crippen MR) is 118 cm³/mol. The van der Waals surface area contributed by atoms with Crippen LogP contribution in [0.1, 0.15) is 44.2 Å². The SMILES string of the molecule is CC[C@H](NS(=O)(=O)c1ccc(-c2c(C#N)c3cc(OC)cnc3n2C2CCC2)nc1)C(F)(F)F. The van der Waals surface area contributed by atoms with Crippen molar-refractivity contribution in [1.82, 2.24) is 19.3 Å². The number of alkyl halides is 3. The number of halogens is 3. The molecule has 1 aliphatic rings. The third-order valence-electron chi connectivity index (χ3n) is 5.99. The molecule has 1 fully saturated rings. The average Bonchev–Trinajstić information content (AvgIpc) is 3.08. The maximum Gasteiger partial charge on any atom is 0.404 e. The number of fused-ring (bicyclic) bond motifs is 1. The first-order chi connectivity index (χ1) is 16.1. The van der Waals surface area contributed by atoms with Gasteiger partial charge in [0.15, 0.2) is 0 Å². The monoisotopic (exact) mass is 493 g/mol. The molecule has 0 amide bonds. The van der Waals surface area contributed by atoms with E-state index >= 15 is 0 Å². The van der Waals surface area contributed by atoms with E-state index in [2.05, 4.69) is 16.0 Å². The summed E-state index contributed by atoms with van der Waals surface area (Å²) in [6.45, 7) is 1.24. The fourth-order valence-corrected chi connectivity index (χ4v) is 5.21. The molecule has 180 valence electrons. The standard InChI is InChI=1S/C22H22F3N5O3S/c1-3-19(22(23,24)25)29-34(31,32)15-7-8-18(27-12-15)20-17(10-26)16-9-14(33-2)11-28-21(16)30(20)13-5-4-6-13/h7-9,11-13,19,29H,3-6H2,1-2H3/t19-/m0/s1. The third kappa shape index (κ3) is 4.21. The Kier molecular flexibility index (Phi) is 6.26. The molecule has 12 heteroatoms. The summed E-state index contributed by atoms with van der Waals surface area (Å²) in [5.41, 5.74) is 1.72. The minimum Gasteiger partial charge on any atom is -0.495 e. The smallest absolute Gasteiger partial charge is 0.404 e. The fourth-order valence-electron chi connectivity index (χ4n) is 3.96. The third-order valence-corrected chi connectivity index (χ3v) is 7.45. The summed E-state index contributed by atoms with van der Waals surface area (Å²) >= 11 is 0. The molecule has 1 N–H and O–H groups in total. The Hall–Kier alpha value is -3.17. The highest BCUT2D eigenvalue weighted by molar-refractivity contribution is 7.89. The quantitative estimate of drug-likeness (QED) is 0.525. The summed E-state index contributed by atoms with van der Waals surface area (Å²) in [4.78, 5) is 8.31. The largest absolute Gasteiger partial charge is 0.495 e. The van der Waals surface area contributed by atoms with Gasteiger partial charge in [0.25, 0.3) is 0 Å². The van der Waals surface area contributed by atoms with Crippen LogP contribution in [0.2, 0.25) is 0 Å². The normalized spacial score (nSPS) is 15.6. The van der Waals surface area contributed by atoms with E-state index in [1.54, 1.807) is 17.0 Å². The van der Waals surface area contributed by atoms with Gasteiger partial charge in [-0.2, -0.15) is 23.2 Å². The molecule has 0 bridgehead atoms. The van der Waals surface area contributed by atoms with E-state index in [9.17, 15) is 26.9 Å². The zero-order valence-corrected chi connectivity index (χ0v) is 19.2. The molecular weight excluding hydrogens is 471 g/mol. The van der Waals surface area contributed by atoms with E-state index in [4.69, 9.17) is 4.74 Å². The molecule has 8 nitrogen and oxygen atoms in total. The maximum atomic E-state index is 13.1. The van der Waals surface area contributed by atoms with Gasteiger partial charge in [0.05, 0.1) is 30.3 Å². The van der Waals surface area contributed by atoms with Crippen molar-refractivity contribution in [3.8, 4) is 23.2 Å². The van der Waals surface area contributed by atoms with Crippen molar-refractivity contribution in [1.29, 1.82) is 5.26 Å². The van der Waals surface area contributed by atoms with Gasteiger partial charge in [-0.05, 0) is 43.9 Å². The minimum absolute atomic E-state index is 0.101. The molecule has 34 heavy (non-hydrogen) atoms. The number of sulfonamides is 1. The van der Waals surface area contributed by atoms with Crippen LogP contribution in [0.5, 0.6) is 5.75 Å². The Morgan fingerprint density at radius 2 is 2.03 bits per heavy atom. The van der Waals surface area contributed by atoms with Gasteiger partial charge in [-0.1, -0.05) is 6.92 Å². The van der Waals surface area contributed by atoms with Crippen LogP contribution in [0, 0.1) is 11.3 Å². The van der Waals surface area contributed by atoms with Gasteiger partial charge in [0.2, 0.25) is 10.0 Å². The number of rotatable bonds is 7. The second-order valence-electron chi connectivity index (χ2n) is 8.04. The topological polar surface area (TPSA) is 110 Å². The molecule has 0 saturated heterocycles. The lowest BCUT2D eigenvalue weighted by Gasteiger charge is -2.29. The Morgan fingerprint density at radius 1 is 1.29 bits per heavy atom. The molecule has 3 heterocycles. The summed E-state index contributed by atoms with van der Waals surface area (Å²) < 4.78 is 73.1. The summed E-state index contributed by atoms with van der Waals surface area (Å²) in [7, 11) is -2.96. The first-order valence-corrected chi connectivity index (χ1v) is 12.1. The van der Waals surface area contributed by atoms with Crippen molar-refractivity contribution >= 4 is 21.1 Å². The Labute approximate surface area is 194 Å². The number of hydrogen-bond donors (Lipinski definition) is 1. The first kappa shape index (κ1) is 24.0. The lowest BCUT2D eigenvalue weighted by Crippen LogP contribution is -2.44. The van der Waals surface area contributed by atoms with Crippen molar-refractivity contribution in [3.05, 3.63) is 36.2 Å². The first-order valence-electron chi connectivity index (χ1n) is 10.6. The molecule has 0 radical (unpaired) electrons. The highest BCUT2D eigenvalue weighted by Crippen LogP contribution is 2.42. The van der Waals surface area contributed by atoms with E-state index in [-0.39, 0.29) is 6.04 Å². The van der Waals surface area contributed by atoms with Crippen LogP contribution < -0.4 is 9.46 Å². The number of nitrogens with zero attached hydrogens (tertiary/aromatic N) is 4. The number of pyridine rings is 2. The Morgan fingerprint density at radius 3 is 2.53 bits per heavy atom. The zero-order chi connectivity index (χ0) is 24.7. The predicted octanol–water partition coefficient (Wildman–Crippen LogP) is 4.32. The summed E-state index contributed by atoms with van der Waals surface area (Å²) in [5.74, 6) is 0.483. The van der Waals surface area contributed by atoms with Crippen LogP contribution in [-0.4, -0.2) is 42.3 Å². The number of nitriles is 1. The van der Waals surface area contributed by atoms with E-state index < -0.39 is 33.6 Å². The lowest BCUT2D eigenvalue weighted by molar-refractivity contribution is -0.151. The Bertz CT molecular complexity index is 1360. The number of hydrogen-bond acceptors (Lipinski definition) is 6. The molecule has 3 aromatic heterocycles. The fraction of sp³-hybridized carbons (Fsp3) is 0.409. The molecule has 0 aliphatic heterocycles. The van der Waals surface area contributed by atoms with E-state index in [1.807, 2.05) is 4.57 Å². The molecule has 1 atom stereocenters. The second kappa shape index (κ2) is 8.88. The van der Waals surface area contributed by atoms with Crippen LogP contribution in [0.15, 0.2) is 35.5 Å². The van der Waals surface area contributed by atoms with Crippen LogP contribution in [0.3, 0.4) is 0 Å². The van der Waals surface area contributed by atoms with Gasteiger partial charge in [-0.15, -0.1) is 0 Å². The van der Waals surface area contributed by atoms with Gasteiger partial charge < -0.3 is 9.30 Å². The van der Waals surface area contributed by atoms with Gasteiger partial charge in [-0.3, -0.25) is 4.98 Å². The molecule has 3 aromatic rings. The van der Waals surface area contributed by atoms with Crippen molar-refractivity contribution in [2.24, 2.45) is 0 Å². The summed E-state index contributed by atoms with van der Waals surface area (Å²) in [6.07, 6.45) is 0.201. The highest BCUT2D eigenvalue weighted by Gasteiger charge is 2.41. The Balaban J connectivity index is 1.79. The highest BCUT2D eigenvalue weighted by atomic mass is 32.2. The minimum atomic E-state index is -4.71. The molecule has 1 aliphatic carbocycles. The van der Waals surface area contributed by atoms with Crippen molar-refractivity contribution in [3.63, 3.8) is 0 Å². The lowest BCUT2D eigenvalue weighted by atomic mass is 9.92. The van der Waals surface area contributed by atoms with E-state index in [0.29, 0.717) is 33.7 Å². The molecule has 4 rings (SSSR count). The second-order valence-corrected chi connectivity index (χ2v) is 9.75. The van der Waals surface area contributed by atoms with Gasteiger partial charge in [-0.25, -0.2) is 13.4 Å². The van der Waals surface area contributed by atoms with Crippen molar-refractivity contribution in [2.75, 3.05) is 7.11 Å². The number of methoxy groups -OCH3 is 1.